The minimum Gasteiger partial charge on any atom is -0.339 e. The van der Waals surface area contributed by atoms with Gasteiger partial charge in [-0.25, -0.2) is 4.39 Å². The molecule has 0 bridgehead atoms. The predicted octanol–water partition coefficient (Wildman–Crippen LogP) is 3.58. The van der Waals surface area contributed by atoms with Crippen LogP contribution in [0.25, 0.3) is 0 Å². The number of non-ortho nitro benzene ring substituents is 1. The van der Waals surface area contributed by atoms with Gasteiger partial charge in [0.2, 0.25) is 5.91 Å². The van der Waals surface area contributed by atoms with Gasteiger partial charge in [-0.2, -0.15) is 0 Å². The Kier molecular flexibility index (Phi) is 6.48. The molecule has 0 aromatic heterocycles. The first-order valence-corrected chi connectivity index (χ1v) is 10.00. The van der Waals surface area contributed by atoms with E-state index in [1.165, 1.54) is 24.3 Å². The Morgan fingerprint density at radius 1 is 1.07 bits per heavy atom. The van der Waals surface area contributed by atoms with Gasteiger partial charge in [0, 0.05) is 54.5 Å². The highest BCUT2D eigenvalue weighted by molar-refractivity contribution is 7.99. The zero-order valence-electron chi connectivity index (χ0n) is 15.8. The van der Waals surface area contributed by atoms with E-state index >= 15 is 0 Å². The molecule has 0 radical (unpaired) electrons. The van der Waals surface area contributed by atoms with Gasteiger partial charge < -0.3 is 9.80 Å². The van der Waals surface area contributed by atoms with Crippen LogP contribution in [0.3, 0.4) is 0 Å². The summed E-state index contributed by atoms with van der Waals surface area (Å²) in [5, 5.41) is 11.2. The molecule has 1 heterocycles. The largest absolute Gasteiger partial charge is 0.339 e. The third-order valence-corrected chi connectivity index (χ3v) is 5.81. The van der Waals surface area contributed by atoms with Crippen molar-refractivity contribution in [3.05, 3.63) is 64.0 Å². The van der Waals surface area contributed by atoms with Gasteiger partial charge in [-0.1, -0.05) is 30.8 Å². The maximum absolute atomic E-state index is 14.1. The Balaban J connectivity index is 1.87. The van der Waals surface area contributed by atoms with Gasteiger partial charge in [-0.3, -0.25) is 19.7 Å². The van der Waals surface area contributed by atoms with Gasteiger partial charge in [0.15, 0.2) is 0 Å². The van der Waals surface area contributed by atoms with Crippen molar-refractivity contribution in [2.24, 2.45) is 0 Å². The molecule has 7 nitrogen and oxygen atoms in total. The maximum atomic E-state index is 14.1. The number of piperazine rings is 1. The second-order valence-corrected chi connectivity index (χ2v) is 7.58. The van der Waals surface area contributed by atoms with E-state index in [0.29, 0.717) is 42.4 Å². The van der Waals surface area contributed by atoms with Crippen molar-refractivity contribution >= 4 is 29.3 Å². The molecule has 0 unspecified atom stereocenters. The van der Waals surface area contributed by atoms with Gasteiger partial charge in [0.1, 0.15) is 5.82 Å². The van der Waals surface area contributed by atoms with E-state index in [4.69, 9.17) is 0 Å². The number of carbonyl (C=O) groups is 2. The Bertz CT molecular complexity index is 945. The van der Waals surface area contributed by atoms with E-state index in [-0.39, 0.29) is 23.1 Å². The molecule has 0 N–H and O–H groups in total. The van der Waals surface area contributed by atoms with Crippen LogP contribution in [0, 0.1) is 15.9 Å². The molecule has 1 fully saturated rings. The highest BCUT2D eigenvalue weighted by atomic mass is 32.2. The average molecular weight is 417 g/mol. The van der Waals surface area contributed by atoms with E-state index in [0.717, 1.165) is 11.8 Å². The first-order chi connectivity index (χ1) is 13.9. The van der Waals surface area contributed by atoms with Gasteiger partial charge >= 0.3 is 0 Å². The second kappa shape index (κ2) is 9.04. The number of amides is 2. The van der Waals surface area contributed by atoms with E-state index in [1.54, 1.807) is 34.9 Å². The van der Waals surface area contributed by atoms with Crippen LogP contribution in [0.1, 0.15) is 23.7 Å². The van der Waals surface area contributed by atoms with Crippen molar-refractivity contribution in [3.8, 4) is 0 Å². The second-order valence-electron chi connectivity index (χ2n) is 6.50. The first-order valence-electron chi connectivity index (χ1n) is 9.18. The van der Waals surface area contributed by atoms with E-state index in [1.807, 2.05) is 0 Å². The summed E-state index contributed by atoms with van der Waals surface area (Å²) in [6.45, 7) is 3.32. The molecule has 1 aliphatic heterocycles. The maximum Gasteiger partial charge on any atom is 0.270 e. The van der Waals surface area contributed by atoms with Crippen molar-refractivity contribution in [3.63, 3.8) is 0 Å². The van der Waals surface area contributed by atoms with E-state index < -0.39 is 10.7 Å². The van der Waals surface area contributed by atoms with Gasteiger partial charge in [0.05, 0.1) is 10.5 Å². The van der Waals surface area contributed by atoms with Gasteiger partial charge in [0.25, 0.3) is 11.6 Å². The highest BCUT2D eigenvalue weighted by Gasteiger charge is 2.27. The minimum atomic E-state index is -0.563. The average Bonchev–Trinajstić information content (AvgIpc) is 2.74. The summed E-state index contributed by atoms with van der Waals surface area (Å²) in [6, 6.07) is 10.2. The summed E-state index contributed by atoms with van der Waals surface area (Å²) in [5.74, 6) is -0.764. The number of hydrogen-bond donors (Lipinski definition) is 0. The smallest absolute Gasteiger partial charge is 0.270 e. The molecule has 2 amide bonds. The Morgan fingerprint density at radius 2 is 1.72 bits per heavy atom. The molecule has 9 heteroatoms. The van der Waals surface area contributed by atoms with Crippen LogP contribution in [0.15, 0.2) is 52.3 Å². The molecule has 2 aromatic carbocycles. The molecule has 0 aliphatic carbocycles. The van der Waals surface area contributed by atoms with Crippen molar-refractivity contribution < 1.29 is 18.9 Å². The predicted molar refractivity (Wildman–Crippen MR) is 106 cm³/mol. The Labute approximate surface area is 171 Å². The van der Waals surface area contributed by atoms with Crippen molar-refractivity contribution in [2.75, 3.05) is 26.2 Å². The van der Waals surface area contributed by atoms with E-state index in [2.05, 4.69) is 0 Å². The number of nitrogens with zero attached hydrogens (tertiary/aromatic N) is 3. The minimum absolute atomic E-state index is 0.0308. The number of nitro benzene ring substituents is 1. The fraction of sp³-hybridized carbons (Fsp3) is 0.300. The molecule has 0 saturated carbocycles. The lowest BCUT2D eigenvalue weighted by molar-refractivity contribution is -0.384. The lowest BCUT2D eigenvalue weighted by Gasteiger charge is -2.35. The molecule has 3 rings (SSSR count). The van der Waals surface area contributed by atoms with Crippen LogP contribution in [0.4, 0.5) is 10.1 Å². The van der Waals surface area contributed by atoms with Gasteiger partial charge in [-0.15, -0.1) is 0 Å². The molecule has 0 spiro atoms. The molecule has 1 saturated heterocycles. The molecular weight excluding hydrogens is 397 g/mol. The monoisotopic (exact) mass is 417 g/mol. The summed E-state index contributed by atoms with van der Waals surface area (Å²) in [7, 11) is 0. The quantitative estimate of drug-likeness (QED) is 0.548. The number of nitro groups is 1. The third kappa shape index (κ3) is 4.73. The molecular formula is C20H20FN3O4S. The zero-order chi connectivity index (χ0) is 21.0. The van der Waals surface area contributed by atoms with Crippen LogP contribution in [0.2, 0.25) is 0 Å². The molecule has 2 aromatic rings. The zero-order valence-corrected chi connectivity index (χ0v) is 16.7. The van der Waals surface area contributed by atoms with Crippen molar-refractivity contribution in [2.45, 2.75) is 23.1 Å². The molecule has 0 atom stereocenters. The molecule has 29 heavy (non-hydrogen) atoms. The van der Waals surface area contributed by atoms with Gasteiger partial charge in [-0.05, 0) is 18.2 Å². The molecule has 1 aliphatic rings. The van der Waals surface area contributed by atoms with Crippen molar-refractivity contribution in [1.29, 1.82) is 0 Å². The lowest BCUT2D eigenvalue weighted by atomic mass is 10.1. The third-order valence-electron chi connectivity index (χ3n) is 4.68. The number of halogens is 1. The number of rotatable bonds is 5. The van der Waals surface area contributed by atoms with Crippen LogP contribution in [-0.4, -0.2) is 52.7 Å². The Morgan fingerprint density at radius 3 is 2.34 bits per heavy atom. The first kappa shape index (κ1) is 20.8. The topological polar surface area (TPSA) is 83.8 Å². The van der Waals surface area contributed by atoms with Crippen molar-refractivity contribution in [1.82, 2.24) is 9.80 Å². The standard InChI is InChI=1S/C20H20FN3O4S/c1-2-19(25)22-9-11-23(12-10-22)20(26)15-13-14(24(27)28)7-8-17(15)29-18-6-4-3-5-16(18)21/h3-8,13H,2,9-12H2,1H3. The van der Waals surface area contributed by atoms with Crippen LogP contribution >= 0.6 is 11.8 Å². The molecule has 152 valence electrons. The SMILES string of the molecule is CCC(=O)N1CCN(C(=O)c2cc([N+](=O)[O-])ccc2Sc2ccccc2F)CC1. The van der Waals surface area contributed by atoms with Crippen LogP contribution < -0.4 is 0 Å². The summed E-state index contributed by atoms with van der Waals surface area (Å²) in [6.07, 6.45) is 0.405. The van der Waals surface area contributed by atoms with Crippen LogP contribution in [0.5, 0.6) is 0 Å². The highest BCUT2D eigenvalue weighted by Crippen LogP contribution is 2.34. The lowest BCUT2D eigenvalue weighted by Crippen LogP contribution is -2.50. The number of benzene rings is 2. The summed E-state index contributed by atoms with van der Waals surface area (Å²) in [4.78, 5) is 39.6. The Hall–Kier alpha value is -2.94. The summed E-state index contributed by atoms with van der Waals surface area (Å²) in [5.41, 5.74) is -0.0475. The fourth-order valence-electron chi connectivity index (χ4n) is 3.09. The van der Waals surface area contributed by atoms with Crippen LogP contribution in [-0.2, 0) is 4.79 Å². The summed E-state index contributed by atoms with van der Waals surface area (Å²) < 4.78 is 14.1. The summed E-state index contributed by atoms with van der Waals surface area (Å²) >= 11 is 1.05. The fourth-order valence-corrected chi connectivity index (χ4v) is 4.03. The number of carbonyl (C=O) groups excluding carboxylic acids is 2. The normalized spacial score (nSPS) is 14.0. The van der Waals surface area contributed by atoms with E-state index in [9.17, 15) is 24.1 Å². The number of hydrogen-bond acceptors (Lipinski definition) is 5.